The van der Waals surface area contributed by atoms with E-state index < -0.39 is 26.3 Å². The molecule has 1 fully saturated rings. The molecule has 100 valence electrons. The smallest absolute Gasteiger partial charge is 0.258 e. The summed E-state index contributed by atoms with van der Waals surface area (Å²) in [6.45, 7) is 4.30. The van der Waals surface area contributed by atoms with Crippen molar-refractivity contribution in [3.8, 4) is 0 Å². The zero-order chi connectivity index (χ0) is 13.5. The number of methoxy groups -OCH3 is 1. The predicted molar refractivity (Wildman–Crippen MR) is 61.8 cm³/mol. The molecule has 0 radical (unpaired) electrons. The standard InChI is InChI=1S/C10H19NO5S/c1-9(2)8(12)11(17(9,14)15)7-10(3,13)5-6-16-4/h13H,5-7H2,1-4H3. The Balaban J connectivity index is 2.75. The number of amides is 1. The molecule has 7 heteroatoms. The van der Waals surface area contributed by atoms with Gasteiger partial charge in [-0.3, -0.25) is 4.79 Å². The summed E-state index contributed by atoms with van der Waals surface area (Å²) in [4.78, 5) is 11.7. The van der Waals surface area contributed by atoms with E-state index in [9.17, 15) is 18.3 Å². The fourth-order valence-corrected chi connectivity index (χ4v) is 3.27. The third kappa shape index (κ3) is 2.31. The monoisotopic (exact) mass is 265 g/mol. The van der Waals surface area contributed by atoms with Gasteiger partial charge in [-0.05, 0) is 20.8 Å². The average Bonchev–Trinajstić information content (AvgIpc) is 2.22. The minimum absolute atomic E-state index is 0.221. The van der Waals surface area contributed by atoms with Crippen LogP contribution in [-0.4, -0.2) is 54.3 Å². The number of ether oxygens (including phenoxy) is 1. The largest absolute Gasteiger partial charge is 0.388 e. The summed E-state index contributed by atoms with van der Waals surface area (Å²) in [6.07, 6.45) is 0.267. The molecule has 17 heavy (non-hydrogen) atoms. The number of nitrogens with zero attached hydrogens (tertiary/aromatic N) is 1. The summed E-state index contributed by atoms with van der Waals surface area (Å²) < 4.78 is 27.8. The number of hydrogen-bond acceptors (Lipinski definition) is 5. The van der Waals surface area contributed by atoms with E-state index in [0.29, 0.717) is 6.61 Å². The molecule has 1 aliphatic rings. The molecule has 0 aromatic rings. The third-order valence-corrected chi connectivity index (χ3v) is 5.35. The van der Waals surface area contributed by atoms with E-state index in [2.05, 4.69) is 0 Å². The second-order valence-corrected chi connectivity index (χ2v) is 7.48. The molecule has 0 bridgehead atoms. The first-order valence-electron chi connectivity index (χ1n) is 5.34. The van der Waals surface area contributed by atoms with Crippen LogP contribution in [0.15, 0.2) is 0 Å². The molecule has 1 aliphatic heterocycles. The fourth-order valence-electron chi connectivity index (χ4n) is 1.62. The first-order chi connectivity index (χ1) is 7.56. The topological polar surface area (TPSA) is 83.9 Å². The second kappa shape index (κ2) is 4.22. The number of rotatable bonds is 5. The molecule has 0 aromatic heterocycles. The molecule has 1 heterocycles. The molecule has 6 nitrogen and oxygen atoms in total. The van der Waals surface area contributed by atoms with Gasteiger partial charge >= 0.3 is 0 Å². The van der Waals surface area contributed by atoms with Crippen LogP contribution < -0.4 is 0 Å². The van der Waals surface area contributed by atoms with Crippen LogP contribution in [0.1, 0.15) is 27.2 Å². The molecular weight excluding hydrogens is 246 g/mol. The number of β-amino-alcohol motifs (C(OH)–C–C–N with tert-alkyl or cyclic N) is 1. The molecule has 1 N–H and O–H groups in total. The van der Waals surface area contributed by atoms with E-state index in [0.717, 1.165) is 4.31 Å². The van der Waals surface area contributed by atoms with E-state index in [1.165, 1.54) is 27.9 Å². The van der Waals surface area contributed by atoms with E-state index >= 15 is 0 Å². The Morgan fingerprint density at radius 1 is 1.47 bits per heavy atom. The van der Waals surface area contributed by atoms with Gasteiger partial charge in [-0.2, -0.15) is 0 Å². The second-order valence-electron chi connectivity index (χ2n) is 5.07. The van der Waals surface area contributed by atoms with Gasteiger partial charge in [-0.15, -0.1) is 0 Å². The van der Waals surface area contributed by atoms with E-state index in [1.54, 1.807) is 0 Å². The lowest BCUT2D eigenvalue weighted by atomic mass is 10.0. The van der Waals surface area contributed by atoms with Crippen LogP contribution in [0.3, 0.4) is 0 Å². The molecule has 1 unspecified atom stereocenters. The minimum Gasteiger partial charge on any atom is -0.388 e. The predicted octanol–water partition coefficient (Wildman–Crippen LogP) is -0.275. The number of carbonyl (C=O) groups is 1. The van der Waals surface area contributed by atoms with Gasteiger partial charge in [0.1, 0.15) is 0 Å². The Hall–Kier alpha value is -0.660. The maximum atomic E-state index is 11.8. The van der Waals surface area contributed by atoms with Gasteiger partial charge in [-0.25, -0.2) is 12.7 Å². The Labute approximate surface area is 102 Å². The van der Waals surface area contributed by atoms with Crippen molar-refractivity contribution in [2.45, 2.75) is 37.5 Å². The van der Waals surface area contributed by atoms with Crippen LogP contribution in [-0.2, 0) is 19.6 Å². The summed E-state index contributed by atoms with van der Waals surface area (Å²) >= 11 is 0. The van der Waals surface area contributed by atoms with Gasteiger partial charge in [0.25, 0.3) is 15.9 Å². The van der Waals surface area contributed by atoms with Crippen molar-refractivity contribution in [3.63, 3.8) is 0 Å². The Bertz CT molecular complexity index is 412. The maximum Gasteiger partial charge on any atom is 0.258 e. The van der Waals surface area contributed by atoms with Crippen molar-refractivity contribution in [1.29, 1.82) is 0 Å². The van der Waals surface area contributed by atoms with E-state index in [4.69, 9.17) is 4.74 Å². The summed E-state index contributed by atoms with van der Waals surface area (Å²) in [5, 5.41) is 9.96. The molecular formula is C10H19NO5S. The number of carbonyl (C=O) groups excluding carboxylic acids is 1. The number of hydrogen-bond donors (Lipinski definition) is 1. The molecule has 1 amide bonds. The van der Waals surface area contributed by atoms with Crippen molar-refractivity contribution in [2.75, 3.05) is 20.3 Å². The Morgan fingerprint density at radius 3 is 2.41 bits per heavy atom. The summed E-state index contributed by atoms with van der Waals surface area (Å²) in [5.41, 5.74) is -1.27. The molecule has 1 atom stereocenters. The molecule has 0 aliphatic carbocycles. The van der Waals surface area contributed by atoms with Crippen LogP contribution in [0.2, 0.25) is 0 Å². The fraction of sp³-hybridized carbons (Fsp3) is 0.900. The van der Waals surface area contributed by atoms with Gasteiger partial charge < -0.3 is 9.84 Å². The van der Waals surface area contributed by atoms with Gasteiger partial charge in [0.2, 0.25) is 0 Å². The Morgan fingerprint density at radius 2 is 2.00 bits per heavy atom. The highest BCUT2D eigenvalue weighted by molar-refractivity contribution is 7.94. The van der Waals surface area contributed by atoms with Gasteiger partial charge in [0, 0.05) is 20.1 Å². The lowest BCUT2D eigenvalue weighted by Gasteiger charge is -2.45. The zero-order valence-corrected chi connectivity index (χ0v) is 11.4. The number of sulfonamides is 1. The van der Waals surface area contributed by atoms with Crippen LogP contribution in [0.25, 0.3) is 0 Å². The van der Waals surface area contributed by atoms with Crippen molar-refractivity contribution < 1.29 is 23.1 Å². The van der Waals surface area contributed by atoms with Crippen molar-refractivity contribution in [1.82, 2.24) is 4.31 Å². The van der Waals surface area contributed by atoms with Crippen molar-refractivity contribution in [3.05, 3.63) is 0 Å². The van der Waals surface area contributed by atoms with Crippen LogP contribution in [0, 0.1) is 0 Å². The first kappa shape index (κ1) is 14.4. The maximum absolute atomic E-state index is 11.8. The molecule has 1 rings (SSSR count). The van der Waals surface area contributed by atoms with Crippen molar-refractivity contribution >= 4 is 15.9 Å². The molecule has 0 spiro atoms. The van der Waals surface area contributed by atoms with Crippen molar-refractivity contribution in [2.24, 2.45) is 0 Å². The summed E-state index contributed by atoms with van der Waals surface area (Å²) in [5.74, 6) is -0.477. The minimum atomic E-state index is -3.62. The van der Waals surface area contributed by atoms with Gasteiger partial charge in [0.15, 0.2) is 4.75 Å². The lowest BCUT2D eigenvalue weighted by molar-refractivity contribution is -0.135. The number of aliphatic hydroxyl groups is 1. The highest BCUT2D eigenvalue weighted by atomic mass is 32.2. The van der Waals surface area contributed by atoms with Crippen LogP contribution in [0.5, 0.6) is 0 Å². The van der Waals surface area contributed by atoms with Gasteiger partial charge in [0.05, 0.1) is 12.1 Å². The molecule has 1 saturated heterocycles. The SMILES string of the molecule is COCCC(C)(O)CN1C(=O)C(C)(C)S1(=O)=O. The summed E-state index contributed by atoms with van der Waals surface area (Å²) in [6, 6.07) is 0. The quantitative estimate of drug-likeness (QED) is 0.739. The first-order valence-corrected chi connectivity index (χ1v) is 6.78. The average molecular weight is 265 g/mol. The van der Waals surface area contributed by atoms with E-state index in [-0.39, 0.29) is 13.0 Å². The highest BCUT2D eigenvalue weighted by Crippen LogP contribution is 2.36. The molecule has 0 aromatic carbocycles. The lowest BCUT2D eigenvalue weighted by Crippen LogP contribution is -2.69. The van der Waals surface area contributed by atoms with Crippen LogP contribution >= 0.6 is 0 Å². The molecule has 0 saturated carbocycles. The van der Waals surface area contributed by atoms with Crippen LogP contribution in [0.4, 0.5) is 0 Å². The highest BCUT2D eigenvalue weighted by Gasteiger charge is 2.61. The Kier molecular flexibility index (Phi) is 3.58. The van der Waals surface area contributed by atoms with E-state index in [1.807, 2.05) is 0 Å². The normalized spacial score (nSPS) is 25.2. The third-order valence-electron chi connectivity index (χ3n) is 3.01. The van der Waals surface area contributed by atoms with Gasteiger partial charge in [-0.1, -0.05) is 0 Å². The zero-order valence-electron chi connectivity index (χ0n) is 10.6. The summed E-state index contributed by atoms with van der Waals surface area (Å²) in [7, 11) is -2.13.